The van der Waals surface area contributed by atoms with Gasteiger partial charge in [-0.3, -0.25) is 4.79 Å². The Labute approximate surface area is 103 Å². The summed E-state index contributed by atoms with van der Waals surface area (Å²) in [5, 5.41) is 0. The quantitative estimate of drug-likeness (QED) is 0.589. The van der Waals surface area contributed by atoms with Crippen LogP contribution >= 0.6 is 0 Å². The van der Waals surface area contributed by atoms with Crippen LogP contribution in [0.15, 0.2) is 24.3 Å². The van der Waals surface area contributed by atoms with E-state index in [1.54, 1.807) is 6.92 Å². The molecule has 17 heavy (non-hydrogen) atoms. The van der Waals surface area contributed by atoms with Crippen LogP contribution in [0.2, 0.25) is 0 Å². The molecule has 0 atom stereocenters. The van der Waals surface area contributed by atoms with Crippen LogP contribution in [0.5, 0.6) is 0 Å². The van der Waals surface area contributed by atoms with Crippen LogP contribution in [-0.2, 0) is 9.53 Å². The first-order valence-electron chi connectivity index (χ1n) is 5.88. The van der Waals surface area contributed by atoms with E-state index in [0.717, 1.165) is 5.56 Å². The zero-order valence-electron chi connectivity index (χ0n) is 10.6. The number of hydrogen-bond acceptors (Lipinski definition) is 2. The van der Waals surface area contributed by atoms with Gasteiger partial charge in [-0.2, -0.15) is 0 Å². The van der Waals surface area contributed by atoms with Crippen molar-refractivity contribution in [3.63, 3.8) is 0 Å². The van der Waals surface area contributed by atoms with Gasteiger partial charge in [0.2, 0.25) is 0 Å². The summed E-state index contributed by atoms with van der Waals surface area (Å²) in [5.41, 5.74) is 2.20. The average molecular weight is 230 g/mol. The van der Waals surface area contributed by atoms with Gasteiger partial charge in [-0.05, 0) is 30.5 Å². The molecule has 2 heteroatoms. The van der Waals surface area contributed by atoms with Crippen molar-refractivity contribution in [3.05, 3.63) is 35.4 Å². The Balaban J connectivity index is 2.65. The van der Waals surface area contributed by atoms with Crippen molar-refractivity contribution < 1.29 is 9.53 Å². The van der Waals surface area contributed by atoms with Crippen LogP contribution in [0, 0.1) is 11.8 Å². The van der Waals surface area contributed by atoms with Crippen molar-refractivity contribution in [1.82, 2.24) is 0 Å². The summed E-state index contributed by atoms with van der Waals surface area (Å²) in [5.74, 6) is 6.03. The topological polar surface area (TPSA) is 26.3 Å². The van der Waals surface area contributed by atoms with Gasteiger partial charge in [-0.15, -0.1) is 0 Å². The van der Waals surface area contributed by atoms with E-state index in [2.05, 4.69) is 37.8 Å². The number of carbonyl (C=O) groups excluding carboxylic acids is 1. The molecule has 90 valence electrons. The molecule has 1 aromatic carbocycles. The Hall–Kier alpha value is -1.75. The van der Waals surface area contributed by atoms with Crippen LogP contribution in [0.25, 0.3) is 0 Å². The van der Waals surface area contributed by atoms with Crippen LogP contribution in [0.3, 0.4) is 0 Å². The fourth-order valence-corrected chi connectivity index (χ4v) is 1.41. The molecule has 0 aliphatic heterocycles. The molecule has 0 N–H and O–H groups in total. The fourth-order valence-electron chi connectivity index (χ4n) is 1.41. The predicted molar refractivity (Wildman–Crippen MR) is 68.7 cm³/mol. The third-order valence-electron chi connectivity index (χ3n) is 2.32. The molecule has 0 amide bonds. The summed E-state index contributed by atoms with van der Waals surface area (Å²) in [7, 11) is 0. The van der Waals surface area contributed by atoms with Crippen molar-refractivity contribution in [1.29, 1.82) is 0 Å². The highest BCUT2D eigenvalue weighted by molar-refractivity contribution is 5.72. The lowest BCUT2D eigenvalue weighted by molar-refractivity contribution is -0.141. The second kappa shape index (κ2) is 6.75. The minimum Gasteiger partial charge on any atom is -0.465 e. The molecule has 0 unspecified atom stereocenters. The maximum Gasteiger partial charge on any atom is 0.317 e. The van der Waals surface area contributed by atoms with E-state index in [-0.39, 0.29) is 12.4 Å². The normalized spacial score (nSPS) is 9.65. The molecule has 2 nitrogen and oxygen atoms in total. The molecular weight excluding hydrogens is 212 g/mol. The summed E-state index contributed by atoms with van der Waals surface area (Å²) in [6, 6.07) is 8.08. The molecule has 0 aliphatic carbocycles. The van der Waals surface area contributed by atoms with E-state index in [0.29, 0.717) is 12.5 Å². The molecule has 1 aromatic rings. The van der Waals surface area contributed by atoms with E-state index >= 15 is 0 Å². The fraction of sp³-hybridized carbons (Fsp3) is 0.400. The summed E-state index contributed by atoms with van der Waals surface area (Å²) in [4.78, 5) is 11.1. The Morgan fingerprint density at radius 1 is 1.41 bits per heavy atom. The zero-order chi connectivity index (χ0) is 12.7. The summed E-state index contributed by atoms with van der Waals surface area (Å²) in [6.07, 6.45) is 0.153. The molecule has 0 aromatic heterocycles. The van der Waals surface area contributed by atoms with Crippen molar-refractivity contribution in [2.75, 3.05) is 6.61 Å². The third-order valence-corrected chi connectivity index (χ3v) is 2.32. The highest BCUT2D eigenvalue weighted by atomic mass is 16.5. The first-order valence-corrected chi connectivity index (χ1v) is 5.88. The number of benzene rings is 1. The highest BCUT2D eigenvalue weighted by Gasteiger charge is 1.99. The maximum atomic E-state index is 11.1. The second-order valence-electron chi connectivity index (χ2n) is 4.06. The molecule has 0 radical (unpaired) electrons. The third kappa shape index (κ3) is 4.74. The van der Waals surface area contributed by atoms with E-state index in [1.807, 2.05) is 12.1 Å². The Bertz CT molecular complexity index is 436. The molecule has 0 bridgehead atoms. The lowest BCUT2D eigenvalue weighted by Gasteiger charge is -2.04. The number of carbonyl (C=O) groups is 1. The van der Waals surface area contributed by atoms with E-state index in [9.17, 15) is 4.79 Å². The van der Waals surface area contributed by atoms with Gasteiger partial charge >= 0.3 is 5.97 Å². The molecular formula is C15H18O2. The molecule has 0 saturated heterocycles. The summed E-state index contributed by atoms with van der Waals surface area (Å²) in [6.45, 7) is 6.48. The van der Waals surface area contributed by atoms with Crippen LogP contribution in [0.1, 0.15) is 44.2 Å². The molecule has 0 saturated carbocycles. The van der Waals surface area contributed by atoms with E-state index in [1.165, 1.54) is 5.56 Å². The van der Waals surface area contributed by atoms with E-state index < -0.39 is 0 Å². The smallest absolute Gasteiger partial charge is 0.317 e. The van der Waals surface area contributed by atoms with Crippen molar-refractivity contribution in [2.45, 2.75) is 33.1 Å². The van der Waals surface area contributed by atoms with Gasteiger partial charge in [0, 0.05) is 5.56 Å². The van der Waals surface area contributed by atoms with Crippen LogP contribution in [0.4, 0.5) is 0 Å². The minimum absolute atomic E-state index is 0.153. The van der Waals surface area contributed by atoms with Crippen molar-refractivity contribution >= 4 is 5.97 Å². The first-order chi connectivity index (χ1) is 8.13. The first kappa shape index (κ1) is 13.3. The summed E-state index contributed by atoms with van der Waals surface area (Å²) >= 11 is 0. The van der Waals surface area contributed by atoms with Gasteiger partial charge in [0.1, 0.15) is 6.42 Å². The van der Waals surface area contributed by atoms with Gasteiger partial charge in [-0.25, -0.2) is 0 Å². The predicted octanol–water partition coefficient (Wildman–Crippen LogP) is 3.11. The van der Waals surface area contributed by atoms with Gasteiger partial charge in [-0.1, -0.05) is 37.8 Å². The van der Waals surface area contributed by atoms with Gasteiger partial charge < -0.3 is 4.74 Å². The molecule has 0 heterocycles. The Morgan fingerprint density at radius 3 is 2.82 bits per heavy atom. The number of ether oxygens (including phenoxy) is 1. The highest BCUT2D eigenvalue weighted by Crippen LogP contribution is 2.14. The molecule has 0 spiro atoms. The van der Waals surface area contributed by atoms with Crippen molar-refractivity contribution in [2.24, 2.45) is 0 Å². The van der Waals surface area contributed by atoms with Crippen LogP contribution in [-0.4, -0.2) is 12.6 Å². The molecule has 1 rings (SSSR count). The Kier molecular flexibility index (Phi) is 5.29. The second-order valence-corrected chi connectivity index (χ2v) is 4.06. The lowest BCUT2D eigenvalue weighted by atomic mass is 10.0. The summed E-state index contributed by atoms with van der Waals surface area (Å²) < 4.78 is 4.80. The minimum atomic E-state index is -0.264. The van der Waals surface area contributed by atoms with Crippen molar-refractivity contribution in [3.8, 4) is 11.8 Å². The van der Waals surface area contributed by atoms with Crippen LogP contribution < -0.4 is 0 Å². The maximum absolute atomic E-state index is 11.1. The zero-order valence-corrected chi connectivity index (χ0v) is 10.6. The largest absolute Gasteiger partial charge is 0.465 e. The lowest BCUT2D eigenvalue weighted by Crippen LogP contribution is -2.01. The van der Waals surface area contributed by atoms with Gasteiger partial charge in [0.15, 0.2) is 0 Å². The SMILES string of the molecule is CCOC(=O)CC#Cc1cccc(C(C)C)c1. The number of rotatable bonds is 3. The monoisotopic (exact) mass is 230 g/mol. The number of hydrogen-bond donors (Lipinski definition) is 0. The van der Waals surface area contributed by atoms with Gasteiger partial charge in [0.05, 0.1) is 6.61 Å². The molecule has 0 fully saturated rings. The van der Waals surface area contributed by atoms with Gasteiger partial charge in [0.25, 0.3) is 0 Å². The van der Waals surface area contributed by atoms with E-state index in [4.69, 9.17) is 4.74 Å². The average Bonchev–Trinajstić information content (AvgIpc) is 2.30. The molecule has 0 aliphatic rings. The number of esters is 1. The Morgan fingerprint density at radius 2 is 2.18 bits per heavy atom. The standard InChI is InChI=1S/C15H18O2/c1-4-17-15(16)10-6-8-13-7-5-9-14(11-13)12(2)3/h5,7,9,11-12H,4,10H2,1-3H3.